The highest BCUT2D eigenvalue weighted by atomic mass is 16.2. The summed E-state index contributed by atoms with van der Waals surface area (Å²) in [5, 5.41) is 3.15. The van der Waals surface area contributed by atoms with Crippen LogP contribution in [0.1, 0.15) is 50.8 Å². The molecule has 2 aromatic heterocycles. The molecule has 1 aliphatic carbocycles. The van der Waals surface area contributed by atoms with Gasteiger partial charge in [0.25, 0.3) is 0 Å². The summed E-state index contributed by atoms with van der Waals surface area (Å²) in [4.78, 5) is 35.6. The van der Waals surface area contributed by atoms with Gasteiger partial charge in [0.2, 0.25) is 17.6 Å². The van der Waals surface area contributed by atoms with Gasteiger partial charge in [-0.1, -0.05) is 6.92 Å². The van der Waals surface area contributed by atoms with Gasteiger partial charge in [0.15, 0.2) is 0 Å². The minimum Gasteiger partial charge on any atom is -0.347 e. The SMILES string of the molecule is CC[C@H](NC(=O)C1CCN(C(=O)C2CC2)CC1)c1cn2cccnc2n1. The van der Waals surface area contributed by atoms with Gasteiger partial charge in [-0.05, 0) is 38.2 Å². The highest BCUT2D eigenvalue weighted by Crippen LogP contribution is 2.32. The maximum atomic E-state index is 12.7. The molecule has 1 N–H and O–H groups in total. The van der Waals surface area contributed by atoms with Gasteiger partial charge in [-0.2, -0.15) is 0 Å². The van der Waals surface area contributed by atoms with E-state index in [0.29, 0.717) is 18.9 Å². The molecule has 1 saturated carbocycles. The first-order valence-electron chi connectivity index (χ1n) is 9.54. The van der Waals surface area contributed by atoms with Crippen molar-refractivity contribution in [2.75, 3.05) is 13.1 Å². The lowest BCUT2D eigenvalue weighted by Gasteiger charge is -2.32. The van der Waals surface area contributed by atoms with Crippen LogP contribution in [-0.4, -0.2) is 44.2 Å². The molecule has 2 amide bonds. The van der Waals surface area contributed by atoms with Crippen molar-refractivity contribution in [1.82, 2.24) is 24.6 Å². The van der Waals surface area contributed by atoms with Crippen LogP contribution < -0.4 is 5.32 Å². The van der Waals surface area contributed by atoms with Crippen LogP contribution in [-0.2, 0) is 9.59 Å². The standard InChI is InChI=1S/C19H25N5O2/c1-2-15(16-12-24-9-3-8-20-19(24)22-16)21-17(25)13-6-10-23(11-7-13)18(26)14-4-5-14/h3,8-9,12-15H,2,4-7,10-11H2,1H3,(H,21,25)/t15-/m0/s1. The minimum atomic E-state index is -0.115. The second kappa shape index (κ2) is 7.05. The maximum Gasteiger partial charge on any atom is 0.233 e. The number of nitrogens with one attached hydrogen (secondary N) is 1. The van der Waals surface area contributed by atoms with Crippen molar-refractivity contribution < 1.29 is 9.59 Å². The summed E-state index contributed by atoms with van der Waals surface area (Å²) in [5.74, 6) is 1.23. The lowest BCUT2D eigenvalue weighted by Crippen LogP contribution is -2.44. The molecule has 0 radical (unpaired) electrons. The van der Waals surface area contributed by atoms with Crippen LogP contribution in [0.5, 0.6) is 0 Å². The fraction of sp³-hybridized carbons (Fsp3) is 0.579. The van der Waals surface area contributed by atoms with E-state index < -0.39 is 0 Å². The molecule has 138 valence electrons. The Labute approximate surface area is 152 Å². The number of piperidine rings is 1. The Bertz CT molecular complexity index is 772. The maximum absolute atomic E-state index is 12.7. The van der Waals surface area contributed by atoms with Gasteiger partial charge in [-0.15, -0.1) is 0 Å². The van der Waals surface area contributed by atoms with Crippen molar-refractivity contribution in [3.63, 3.8) is 0 Å². The molecule has 0 aromatic carbocycles. The molecule has 3 heterocycles. The number of amides is 2. The molecule has 0 bridgehead atoms. The second-order valence-electron chi connectivity index (χ2n) is 7.34. The number of hydrogen-bond donors (Lipinski definition) is 1. The lowest BCUT2D eigenvalue weighted by molar-refractivity contribution is -0.136. The number of rotatable bonds is 5. The van der Waals surface area contributed by atoms with E-state index in [1.54, 1.807) is 6.20 Å². The van der Waals surface area contributed by atoms with Crippen molar-refractivity contribution in [3.8, 4) is 0 Å². The number of carbonyl (C=O) groups excluding carboxylic acids is 2. The van der Waals surface area contributed by atoms with Gasteiger partial charge in [-0.3, -0.25) is 14.0 Å². The van der Waals surface area contributed by atoms with Crippen LogP contribution >= 0.6 is 0 Å². The highest BCUT2D eigenvalue weighted by Gasteiger charge is 2.36. The predicted molar refractivity (Wildman–Crippen MR) is 96.2 cm³/mol. The van der Waals surface area contributed by atoms with Crippen LogP contribution in [0.3, 0.4) is 0 Å². The molecule has 2 aliphatic rings. The Balaban J connectivity index is 1.36. The molecule has 2 aromatic rings. The number of carbonyl (C=O) groups is 2. The van der Waals surface area contributed by atoms with Crippen LogP contribution in [0.4, 0.5) is 0 Å². The summed E-state index contributed by atoms with van der Waals surface area (Å²) in [6.45, 7) is 3.43. The van der Waals surface area contributed by atoms with Gasteiger partial charge >= 0.3 is 0 Å². The van der Waals surface area contributed by atoms with Crippen LogP contribution in [0.2, 0.25) is 0 Å². The van der Waals surface area contributed by atoms with E-state index in [1.807, 2.05) is 34.7 Å². The normalized spacial score (nSPS) is 19.5. The molecule has 0 unspecified atom stereocenters. The molecule has 1 aliphatic heterocycles. The average Bonchev–Trinajstić information content (AvgIpc) is 3.44. The van der Waals surface area contributed by atoms with E-state index in [9.17, 15) is 9.59 Å². The Morgan fingerprint density at radius 1 is 1.23 bits per heavy atom. The van der Waals surface area contributed by atoms with Crippen molar-refractivity contribution in [2.45, 2.75) is 45.1 Å². The van der Waals surface area contributed by atoms with Gasteiger partial charge in [-0.25, -0.2) is 9.97 Å². The van der Waals surface area contributed by atoms with Crippen molar-refractivity contribution in [2.24, 2.45) is 11.8 Å². The molecule has 0 spiro atoms. The first-order chi connectivity index (χ1) is 12.7. The topological polar surface area (TPSA) is 79.6 Å². The molecule has 26 heavy (non-hydrogen) atoms. The van der Waals surface area contributed by atoms with E-state index in [2.05, 4.69) is 15.3 Å². The summed E-state index contributed by atoms with van der Waals surface area (Å²) >= 11 is 0. The first kappa shape index (κ1) is 17.0. The molecular formula is C19H25N5O2. The number of fused-ring (bicyclic) bond motifs is 1. The summed E-state index contributed by atoms with van der Waals surface area (Å²) in [7, 11) is 0. The second-order valence-corrected chi connectivity index (χ2v) is 7.34. The van der Waals surface area contributed by atoms with E-state index in [1.165, 1.54) is 0 Å². The van der Waals surface area contributed by atoms with Crippen molar-refractivity contribution >= 4 is 17.6 Å². The zero-order valence-corrected chi connectivity index (χ0v) is 15.1. The first-order valence-corrected chi connectivity index (χ1v) is 9.54. The fourth-order valence-electron chi connectivity index (χ4n) is 3.64. The Morgan fingerprint density at radius 3 is 2.65 bits per heavy atom. The fourth-order valence-corrected chi connectivity index (χ4v) is 3.64. The molecule has 1 saturated heterocycles. The quantitative estimate of drug-likeness (QED) is 0.889. The van der Waals surface area contributed by atoms with E-state index in [0.717, 1.165) is 37.8 Å². The Kier molecular flexibility index (Phi) is 4.61. The lowest BCUT2D eigenvalue weighted by atomic mass is 9.95. The third-order valence-corrected chi connectivity index (χ3v) is 5.44. The Hall–Kier alpha value is -2.44. The zero-order valence-electron chi connectivity index (χ0n) is 15.1. The minimum absolute atomic E-state index is 0.0255. The third kappa shape index (κ3) is 3.43. The van der Waals surface area contributed by atoms with Gasteiger partial charge in [0.1, 0.15) is 0 Å². The van der Waals surface area contributed by atoms with Gasteiger partial charge in [0.05, 0.1) is 11.7 Å². The van der Waals surface area contributed by atoms with Crippen LogP contribution in [0, 0.1) is 11.8 Å². The van der Waals surface area contributed by atoms with Crippen LogP contribution in [0.25, 0.3) is 5.78 Å². The number of hydrogen-bond acceptors (Lipinski definition) is 4. The molecule has 7 nitrogen and oxygen atoms in total. The highest BCUT2D eigenvalue weighted by molar-refractivity contribution is 5.82. The molecular weight excluding hydrogens is 330 g/mol. The summed E-state index contributed by atoms with van der Waals surface area (Å²) in [6.07, 6.45) is 9.86. The number of likely N-dealkylation sites (tertiary alicyclic amines) is 1. The summed E-state index contributed by atoms with van der Waals surface area (Å²) in [5.41, 5.74) is 0.834. The third-order valence-electron chi connectivity index (χ3n) is 5.44. The van der Waals surface area contributed by atoms with E-state index >= 15 is 0 Å². The number of aromatic nitrogens is 3. The molecule has 2 fully saturated rings. The molecule has 7 heteroatoms. The van der Waals surface area contributed by atoms with Crippen LogP contribution in [0.15, 0.2) is 24.7 Å². The average molecular weight is 355 g/mol. The van der Waals surface area contributed by atoms with Crippen molar-refractivity contribution in [1.29, 1.82) is 0 Å². The largest absolute Gasteiger partial charge is 0.347 e. The molecule has 1 atom stereocenters. The Morgan fingerprint density at radius 2 is 2.00 bits per heavy atom. The summed E-state index contributed by atoms with van der Waals surface area (Å²) < 4.78 is 1.87. The zero-order chi connectivity index (χ0) is 18.1. The number of nitrogens with zero attached hydrogens (tertiary/aromatic N) is 4. The van der Waals surface area contributed by atoms with Crippen molar-refractivity contribution in [3.05, 3.63) is 30.4 Å². The monoisotopic (exact) mass is 355 g/mol. The van der Waals surface area contributed by atoms with E-state index in [-0.39, 0.29) is 29.7 Å². The van der Waals surface area contributed by atoms with Gasteiger partial charge < -0.3 is 10.2 Å². The number of imidazole rings is 1. The summed E-state index contributed by atoms with van der Waals surface area (Å²) in [6, 6.07) is 1.74. The smallest absolute Gasteiger partial charge is 0.233 e. The predicted octanol–water partition coefficient (Wildman–Crippen LogP) is 1.95. The molecule has 4 rings (SSSR count). The van der Waals surface area contributed by atoms with E-state index in [4.69, 9.17) is 0 Å². The van der Waals surface area contributed by atoms with Gasteiger partial charge in [0, 0.05) is 43.5 Å².